The maximum Gasteiger partial charge on any atom is 0.154 e. The summed E-state index contributed by atoms with van der Waals surface area (Å²) in [7, 11) is 1.67. The van der Waals surface area contributed by atoms with Crippen molar-refractivity contribution in [3.63, 3.8) is 0 Å². The topological polar surface area (TPSA) is 51.0 Å². The van der Waals surface area contributed by atoms with Crippen LogP contribution in [0.5, 0.6) is 5.75 Å². The van der Waals surface area contributed by atoms with Crippen LogP contribution in [0.15, 0.2) is 53.3 Å². The lowest BCUT2D eigenvalue weighted by molar-refractivity contribution is 0.415. The molecule has 0 saturated heterocycles. The Balaban J connectivity index is 2.09. The fraction of sp³-hybridized carbons (Fsp3) is 0.0625. The van der Waals surface area contributed by atoms with Crippen LogP contribution in [0.25, 0.3) is 33.3 Å². The van der Waals surface area contributed by atoms with Gasteiger partial charge in [-0.05, 0) is 36.4 Å². The molecule has 4 aromatic rings. The van der Waals surface area contributed by atoms with Gasteiger partial charge in [0.15, 0.2) is 5.76 Å². The van der Waals surface area contributed by atoms with Crippen molar-refractivity contribution in [2.75, 3.05) is 7.11 Å². The standard InChI is InChI=1S/C16H12N2O2/c1-19-10-4-5-13-12(9-10)11-6-7-17-16(15(11)18-13)14-3-2-8-20-14/h2-9,18H,1H3. The minimum atomic E-state index is 0.758. The number of rotatable bonds is 2. The average Bonchev–Trinajstić information content (AvgIpc) is 3.13. The van der Waals surface area contributed by atoms with Gasteiger partial charge >= 0.3 is 0 Å². The third kappa shape index (κ3) is 1.51. The molecule has 0 saturated carbocycles. The summed E-state index contributed by atoms with van der Waals surface area (Å²) >= 11 is 0. The van der Waals surface area contributed by atoms with Crippen LogP contribution in [0.4, 0.5) is 0 Å². The van der Waals surface area contributed by atoms with Gasteiger partial charge in [0.1, 0.15) is 11.4 Å². The first-order chi connectivity index (χ1) is 9.86. The fourth-order valence-electron chi connectivity index (χ4n) is 2.53. The Labute approximate surface area is 115 Å². The van der Waals surface area contributed by atoms with Gasteiger partial charge in [-0.15, -0.1) is 0 Å². The van der Waals surface area contributed by atoms with Gasteiger partial charge in [0.25, 0.3) is 0 Å². The lowest BCUT2D eigenvalue weighted by atomic mass is 10.1. The van der Waals surface area contributed by atoms with Crippen LogP contribution >= 0.6 is 0 Å². The second-order valence-corrected chi connectivity index (χ2v) is 4.60. The summed E-state index contributed by atoms with van der Waals surface area (Å²) in [6, 6.07) is 11.8. The molecular weight excluding hydrogens is 252 g/mol. The van der Waals surface area contributed by atoms with Crippen molar-refractivity contribution in [3.05, 3.63) is 48.9 Å². The normalized spacial score (nSPS) is 11.2. The highest BCUT2D eigenvalue weighted by molar-refractivity contribution is 6.11. The highest BCUT2D eigenvalue weighted by Gasteiger charge is 2.12. The van der Waals surface area contributed by atoms with E-state index in [0.29, 0.717) is 0 Å². The Hall–Kier alpha value is -2.75. The summed E-state index contributed by atoms with van der Waals surface area (Å²) < 4.78 is 10.8. The number of H-pyrrole nitrogens is 1. The first-order valence-corrected chi connectivity index (χ1v) is 6.35. The molecule has 4 heteroatoms. The molecule has 0 amide bonds. The number of nitrogens with zero attached hydrogens (tertiary/aromatic N) is 1. The van der Waals surface area contributed by atoms with Gasteiger partial charge in [-0.2, -0.15) is 0 Å². The molecule has 0 spiro atoms. The lowest BCUT2D eigenvalue weighted by Crippen LogP contribution is -1.82. The van der Waals surface area contributed by atoms with Crippen molar-refractivity contribution >= 4 is 21.8 Å². The number of furan rings is 1. The SMILES string of the molecule is COc1ccc2[nH]c3c(-c4ccco4)nccc3c2c1. The van der Waals surface area contributed by atoms with Crippen LogP contribution in [-0.4, -0.2) is 17.1 Å². The zero-order valence-corrected chi connectivity index (χ0v) is 10.9. The predicted molar refractivity (Wildman–Crippen MR) is 77.9 cm³/mol. The maximum absolute atomic E-state index is 5.46. The van der Waals surface area contributed by atoms with E-state index in [1.807, 2.05) is 36.4 Å². The molecule has 0 radical (unpaired) electrons. The largest absolute Gasteiger partial charge is 0.497 e. The van der Waals surface area contributed by atoms with Crippen LogP contribution in [-0.2, 0) is 0 Å². The summed E-state index contributed by atoms with van der Waals surface area (Å²) in [6.45, 7) is 0. The van der Waals surface area contributed by atoms with E-state index in [-0.39, 0.29) is 0 Å². The molecular formula is C16H12N2O2. The molecule has 0 bridgehead atoms. The smallest absolute Gasteiger partial charge is 0.154 e. The Bertz CT molecular complexity index is 892. The molecule has 0 unspecified atom stereocenters. The summed E-state index contributed by atoms with van der Waals surface area (Å²) in [5, 5.41) is 2.23. The predicted octanol–water partition coefficient (Wildman–Crippen LogP) is 3.98. The molecule has 3 heterocycles. The molecule has 0 aliphatic heterocycles. The van der Waals surface area contributed by atoms with E-state index in [1.54, 1.807) is 19.6 Å². The zero-order chi connectivity index (χ0) is 13.5. The molecule has 20 heavy (non-hydrogen) atoms. The fourth-order valence-corrected chi connectivity index (χ4v) is 2.53. The molecule has 4 nitrogen and oxygen atoms in total. The zero-order valence-electron chi connectivity index (χ0n) is 10.9. The summed E-state index contributed by atoms with van der Waals surface area (Å²) in [6.07, 6.45) is 3.45. The number of pyridine rings is 1. The summed E-state index contributed by atoms with van der Waals surface area (Å²) in [5.74, 6) is 1.60. The number of aromatic nitrogens is 2. The Morgan fingerprint density at radius 2 is 2.10 bits per heavy atom. The number of nitrogens with one attached hydrogen (secondary N) is 1. The molecule has 1 aromatic carbocycles. The van der Waals surface area contributed by atoms with Gasteiger partial charge in [0.05, 0.1) is 18.9 Å². The van der Waals surface area contributed by atoms with Gasteiger partial charge in [0.2, 0.25) is 0 Å². The molecule has 0 aliphatic carbocycles. The maximum atomic E-state index is 5.46. The first kappa shape index (κ1) is 11.1. The highest BCUT2D eigenvalue weighted by atomic mass is 16.5. The number of fused-ring (bicyclic) bond motifs is 3. The van der Waals surface area contributed by atoms with Crippen molar-refractivity contribution in [2.45, 2.75) is 0 Å². The molecule has 0 atom stereocenters. The van der Waals surface area contributed by atoms with Gasteiger partial charge in [0, 0.05) is 22.5 Å². The minimum absolute atomic E-state index is 0.758. The number of hydrogen-bond donors (Lipinski definition) is 1. The number of ether oxygens (including phenoxy) is 1. The van der Waals surface area contributed by atoms with Gasteiger partial charge in [-0.25, -0.2) is 0 Å². The van der Waals surface area contributed by atoms with Crippen molar-refractivity contribution in [3.8, 4) is 17.2 Å². The van der Waals surface area contributed by atoms with E-state index in [0.717, 1.165) is 39.0 Å². The van der Waals surface area contributed by atoms with E-state index in [2.05, 4.69) is 9.97 Å². The second kappa shape index (κ2) is 4.13. The van der Waals surface area contributed by atoms with Gasteiger partial charge < -0.3 is 14.1 Å². The average molecular weight is 264 g/mol. The monoisotopic (exact) mass is 264 g/mol. The van der Waals surface area contributed by atoms with E-state index in [1.165, 1.54) is 0 Å². The van der Waals surface area contributed by atoms with Crippen molar-refractivity contribution in [2.24, 2.45) is 0 Å². The lowest BCUT2D eigenvalue weighted by Gasteiger charge is -1.99. The van der Waals surface area contributed by atoms with Crippen LogP contribution in [0.1, 0.15) is 0 Å². The van der Waals surface area contributed by atoms with Gasteiger partial charge in [-0.3, -0.25) is 4.98 Å². The van der Waals surface area contributed by atoms with E-state index < -0.39 is 0 Å². The Morgan fingerprint density at radius 1 is 1.15 bits per heavy atom. The summed E-state index contributed by atoms with van der Waals surface area (Å²) in [5.41, 5.74) is 2.86. The Kier molecular flexibility index (Phi) is 2.29. The molecule has 4 rings (SSSR count). The first-order valence-electron chi connectivity index (χ1n) is 6.35. The number of hydrogen-bond acceptors (Lipinski definition) is 3. The molecule has 1 N–H and O–H groups in total. The van der Waals surface area contributed by atoms with Crippen molar-refractivity contribution in [1.29, 1.82) is 0 Å². The third-order valence-electron chi connectivity index (χ3n) is 3.48. The van der Waals surface area contributed by atoms with Crippen LogP contribution in [0.3, 0.4) is 0 Å². The minimum Gasteiger partial charge on any atom is -0.497 e. The van der Waals surface area contributed by atoms with Crippen LogP contribution in [0, 0.1) is 0 Å². The van der Waals surface area contributed by atoms with E-state index >= 15 is 0 Å². The molecule has 0 aliphatic rings. The summed E-state index contributed by atoms with van der Waals surface area (Å²) in [4.78, 5) is 7.84. The highest BCUT2D eigenvalue weighted by Crippen LogP contribution is 2.33. The third-order valence-corrected chi connectivity index (χ3v) is 3.48. The van der Waals surface area contributed by atoms with Crippen molar-refractivity contribution < 1.29 is 9.15 Å². The number of benzene rings is 1. The van der Waals surface area contributed by atoms with E-state index in [4.69, 9.17) is 9.15 Å². The second-order valence-electron chi connectivity index (χ2n) is 4.60. The van der Waals surface area contributed by atoms with Crippen molar-refractivity contribution in [1.82, 2.24) is 9.97 Å². The van der Waals surface area contributed by atoms with Crippen LogP contribution < -0.4 is 4.74 Å². The molecule has 98 valence electrons. The molecule has 3 aromatic heterocycles. The van der Waals surface area contributed by atoms with E-state index in [9.17, 15) is 0 Å². The number of aromatic amines is 1. The Morgan fingerprint density at radius 3 is 2.90 bits per heavy atom. The van der Waals surface area contributed by atoms with Crippen LogP contribution in [0.2, 0.25) is 0 Å². The quantitative estimate of drug-likeness (QED) is 0.595. The molecule has 0 fully saturated rings. The number of methoxy groups -OCH3 is 1. The van der Waals surface area contributed by atoms with Gasteiger partial charge in [-0.1, -0.05) is 0 Å².